The van der Waals surface area contributed by atoms with Crippen LogP contribution in [0.2, 0.25) is 0 Å². The Labute approximate surface area is 156 Å². The fourth-order valence-corrected chi connectivity index (χ4v) is 1.85. The van der Waals surface area contributed by atoms with Crippen molar-refractivity contribution in [3.8, 4) is 0 Å². The van der Waals surface area contributed by atoms with Gasteiger partial charge >= 0.3 is 29.8 Å². The number of nitro benzene ring substituents is 2. The summed E-state index contributed by atoms with van der Waals surface area (Å²) in [4.78, 5) is 30.5. The van der Waals surface area contributed by atoms with Crippen LogP contribution in [0.4, 0.5) is 48.2 Å². The Kier molecular flexibility index (Phi) is 6.80. The summed E-state index contributed by atoms with van der Waals surface area (Å²) >= 11 is 0. The average molecular weight is 435 g/mol. The second-order valence-corrected chi connectivity index (χ2v) is 5.06. The van der Waals surface area contributed by atoms with Crippen LogP contribution < -0.4 is 16.2 Å². The number of nitrogens with zero attached hydrogens (tertiary/aromatic N) is 2. The minimum atomic E-state index is -6.21. The Morgan fingerprint density at radius 3 is 2.03 bits per heavy atom. The summed E-state index contributed by atoms with van der Waals surface area (Å²) < 4.78 is 83.8. The monoisotopic (exact) mass is 435 g/mol. The number of hydrogen-bond donors (Lipinski definition) is 3. The average Bonchev–Trinajstić information content (AvgIpc) is 2.56. The topological polar surface area (TPSA) is 149 Å². The zero-order chi connectivity index (χ0) is 22.6. The summed E-state index contributed by atoms with van der Waals surface area (Å²) in [5, 5.41) is 22.2. The number of carbonyl (C=O) groups is 1. The number of ether oxygens (including phenoxy) is 1. The lowest BCUT2D eigenvalue weighted by Gasteiger charge is -2.37. The van der Waals surface area contributed by atoms with E-state index >= 15 is 0 Å². The van der Waals surface area contributed by atoms with Gasteiger partial charge in [-0.05, 0) is 13.0 Å². The molecule has 0 aliphatic carbocycles. The zero-order valence-corrected chi connectivity index (χ0v) is 14.1. The second-order valence-electron chi connectivity index (χ2n) is 5.06. The van der Waals surface area contributed by atoms with Crippen LogP contribution in [-0.4, -0.2) is 40.6 Å². The summed E-state index contributed by atoms with van der Waals surface area (Å²) in [5.41, 5.74) is -6.04. The van der Waals surface area contributed by atoms with Crippen molar-refractivity contribution in [2.45, 2.75) is 24.9 Å². The highest BCUT2D eigenvalue weighted by Gasteiger charge is 2.73. The van der Waals surface area contributed by atoms with Crippen molar-refractivity contribution in [2.75, 3.05) is 12.0 Å². The van der Waals surface area contributed by atoms with E-state index < -0.39 is 57.6 Å². The number of amides is 1. The zero-order valence-electron chi connectivity index (χ0n) is 14.1. The molecule has 0 aromatic heterocycles. The Balaban J connectivity index is 3.40. The number of alkyl carbamates (subject to hydrolysis) is 1. The molecule has 17 heteroatoms. The van der Waals surface area contributed by atoms with Gasteiger partial charge < -0.3 is 10.2 Å². The Hall–Kier alpha value is -3.37. The Morgan fingerprint density at radius 2 is 1.62 bits per heavy atom. The van der Waals surface area contributed by atoms with Crippen LogP contribution in [0.15, 0.2) is 18.2 Å². The molecule has 0 fully saturated rings. The quantitative estimate of drug-likeness (QED) is 0.256. The third kappa shape index (κ3) is 5.12. The highest BCUT2D eigenvalue weighted by molar-refractivity contribution is 5.69. The van der Waals surface area contributed by atoms with Gasteiger partial charge in [-0.2, -0.15) is 31.8 Å². The highest BCUT2D eigenvalue weighted by Crippen LogP contribution is 2.41. The van der Waals surface area contributed by atoms with Gasteiger partial charge in [0.2, 0.25) is 0 Å². The van der Waals surface area contributed by atoms with Crippen LogP contribution in [0.1, 0.15) is 6.92 Å². The fraction of sp³-hybridized carbons (Fsp3) is 0.417. The number of hydrazine groups is 1. The molecular formula is C12H11F6N5O6. The van der Waals surface area contributed by atoms with Gasteiger partial charge in [0.05, 0.1) is 22.5 Å². The number of nitrogens with one attached hydrogen (secondary N) is 3. The first-order valence-corrected chi connectivity index (χ1v) is 7.20. The summed E-state index contributed by atoms with van der Waals surface area (Å²) in [6.45, 7) is 0.563. The number of hydrogen-bond acceptors (Lipinski definition) is 8. The maximum Gasteiger partial charge on any atom is 0.436 e. The van der Waals surface area contributed by atoms with Crippen molar-refractivity contribution in [1.29, 1.82) is 0 Å². The molecule has 1 aromatic carbocycles. The molecule has 0 heterocycles. The number of alkyl halides is 6. The van der Waals surface area contributed by atoms with Gasteiger partial charge in [-0.25, -0.2) is 4.79 Å². The standard InChI is InChI=1S/C12H11F6N5O6/c1-2-29-9(24)19-10(11(13,14)15,12(16,17)18)21-20-7-4-3-6(22(25)26)5-8(7)23(27)28/h3-5,20-21H,2H2,1H3,(H,19,24). The first-order chi connectivity index (χ1) is 13.2. The van der Waals surface area contributed by atoms with E-state index in [1.54, 1.807) is 0 Å². The number of benzene rings is 1. The van der Waals surface area contributed by atoms with E-state index in [1.165, 1.54) is 5.43 Å². The van der Waals surface area contributed by atoms with E-state index in [9.17, 15) is 51.4 Å². The van der Waals surface area contributed by atoms with Gasteiger partial charge in [-0.1, -0.05) is 0 Å². The maximum atomic E-state index is 13.3. The minimum Gasteiger partial charge on any atom is -0.450 e. The predicted molar refractivity (Wildman–Crippen MR) is 81.5 cm³/mol. The van der Waals surface area contributed by atoms with Crippen molar-refractivity contribution in [3.05, 3.63) is 38.4 Å². The van der Waals surface area contributed by atoms with Crippen molar-refractivity contribution in [1.82, 2.24) is 10.7 Å². The molecule has 0 radical (unpaired) electrons. The van der Waals surface area contributed by atoms with Crippen molar-refractivity contribution < 1.29 is 45.7 Å². The van der Waals surface area contributed by atoms with E-state index in [4.69, 9.17) is 0 Å². The van der Waals surface area contributed by atoms with Crippen LogP contribution in [0.5, 0.6) is 0 Å². The van der Waals surface area contributed by atoms with Crippen molar-refractivity contribution in [3.63, 3.8) is 0 Å². The summed E-state index contributed by atoms with van der Waals surface area (Å²) in [6.07, 6.45) is -14.5. The molecule has 0 saturated carbocycles. The predicted octanol–water partition coefficient (Wildman–Crippen LogP) is 2.99. The molecule has 11 nitrogen and oxygen atoms in total. The number of non-ortho nitro benzene ring substituents is 1. The highest BCUT2D eigenvalue weighted by atomic mass is 19.4. The molecule has 0 saturated heterocycles. The van der Waals surface area contributed by atoms with Gasteiger partial charge in [0.1, 0.15) is 5.69 Å². The number of nitro groups is 2. The largest absolute Gasteiger partial charge is 0.450 e. The van der Waals surface area contributed by atoms with Crippen LogP contribution in [0.25, 0.3) is 0 Å². The third-order valence-corrected chi connectivity index (χ3v) is 3.19. The van der Waals surface area contributed by atoms with Gasteiger partial charge in [0.15, 0.2) is 0 Å². The van der Waals surface area contributed by atoms with E-state index in [2.05, 4.69) is 4.74 Å². The normalized spacial score (nSPS) is 12.2. The van der Waals surface area contributed by atoms with E-state index in [0.29, 0.717) is 23.5 Å². The first kappa shape index (κ1) is 23.7. The van der Waals surface area contributed by atoms with Crippen LogP contribution in [0.3, 0.4) is 0 Å². The molecule has 1 rings (SSSR count). The Morgan fingerprint density at radius 1 is 1.07 bits per heavy atom. The second kappa shape index (κ2) is 8.33. The molecule has 162 valence electrons. The van der Waals surface area contributed by atoms with Gasteiger partial charge in [0, 0.05) is 6.07 Å². The molecular weight excluding hydrogens is 424 g/mol. The number of carbonyl (C=O) groups excluding carboxylic acids is 1. The van der Waals surface area contributed by atoms with Crippen LogP contribution >= 0.6 is 0 Å². The summed E-state index contributed by atoms with van der Waals surface area (Å²) in [5.74, 6) is 0. The summed E-state index contributed by atoms with van der Waals surface area (Å²) in [6, 6.07) is 1.41. The van der Waals surface area contributed by atoms with Gasteiger partial charge in [-0.3, -0.25) is 25.5 Å². The van der Waals surface area contributed by atoms with E-state index in [-0.39, 0.29) is 0 Å². The molecule has 0 unspecified atom stereocenters. The molecule has 0 atom stereocenters. The fourth-order valence-electron chi connectivity index (χ4n) is 1.85. The molecule has 0 spiro atoms. The lowest BCUT2D eigenvalue weighted by molar-refractivity contribution is -0.393. The maximum absolute atomic E-state index is 13.3. The first-order valence-electron chi connectivity index (χ1n) is 7.20. The van der Waals surface area contributed by atoms with Gasteiger partial charge in [-0.15, -0.1) is 0 Å². The Bertz CT molecular complexity index is 784. The smallest absolute Gasteiger partial charge is 0.436 e. The SMILES string of the molecule is CCOC(=O)NC(NNc1ccc([N+](=O)[O-])cc1[N+](=O)[O-])(C(F)(F)F)C(F)(F)F. The number of halogens is 6. The molecule has 29 heavy (non-hydrogen) atoms. The number of rotatable bonds is 7. The third-order valence-electron chi connectivity index (χ3n) is 3.19. The number of anilines is 1. The molecule has 0 aliphatic heterocycles. The van der Waals surface area contributed by atoms with Crippen molar-refractivity contribution in [2.24, 2.45) is 0 Å². The molecule has 1 amide bonds. The lowest BCUT2D eigenvalue weighted by Crippen LogP contribution is -2.76. The molecule has 1 aromatic rings. The summed E-state index contributed by atoms with van der Waals surface area (Å²) in [7, 11) is 0. The molecule has 0 aliphatic rings. The van der Waals surface area contributed by atoms with E-state index in [0.717, 1.165) is 12.3 Å². The van der Waals surface area contributed by atoms with Crippen molar-refractivity contribution >= 4 is 23.2 Å². The lowest BCUT2D eigenvalue weighted by atomic mass is 10.1. The van der Waals surface area contributed by atoms with Crippen LogP contribution in [0, 0.1) is 20.2 Å². The molecule has 3 N–H and O–H groups in total. The van der Waals surface area contributed by atoms with Crippen LogP contribution in [-0.2, 0) is 4.74 Å². The molecule has 0 bridgehead atoms. The minimum absolute atomic E-state index is 0.311. The van der Waals surface area contributed by atoms with E-state index in [1.807, 2.05) is 0 Å². The van der Waals surface area contributed by atoms with Gasteiger partial charge in [0.25, 0.3) is 5.69 Å².